The number of hydrogen-bond donors (Lipinski definition) is 1. The second-order valence-electron chi connectivity index (χ2n) is 13.4. The molecule has 2 aromatic carbocycles. The number of carbonyl (C=O) groups excluding carboxylic acids is 3. The molecule has 1 spiro atoms. The van der Waals surface area contributed by atoms with Gasteiger partial charge in [-0.25, -0.2) is 14.4 Å². The number of halogens is 1. The number of morpholine rings is 1. The summed E-state index contributed by atoms with van der Waals surface area (Å²) in [7, 11) is 1.66. The van der Waals surface area contributed by atoms with E-state index in [0.717, 1.165) is 11.1 Å². The number of imide groups is 1. The van der Waals surface area contributed by atoms with E-state index < -0.39 is 11.9 Å². The molecule has 0 unspecified atom stereocenters. The quantitative estimate of drug-likeness (QED) is 0.354. The van der Waals surface area contributed by atoms with Crippen LogP contribution in [0.4, 0.5) is 10.3 Å². The van der Waals surface area contributed by atoms with Gasteiger partial charge in [-0.1, -0.05) is 0 Å². The van der Waals surface area contributed by atoms with Crippen molar-refractivity contribution in [1.29, 1.82) is 0 Å². The van der Waals surface area contributed by atoms with Crippen LogP contribution in [0.2, 0.25) is 0 Å². The SMILES string of the molecule is COC[C@@H]1CN(Cc2cc(F)c3nc(N4CCOC5(COC5)C4)ncc3c2)C[C@H]1Oc1ccc2c(c1)CN([C@H]1CCC(=O)NC1=O)C2=O. The molecule has 13 nitrogen and oxygen atoms in total. The lowest BCUT2D eigenvalue weighted by molar-refractivity contribution is -0.212. The maximum Gasteiger partial charge on any atom is 0.255 e. The number of hydrogen-bond acceptors (Lipinski definition) is 11. The van der Waals surface area contributed by atoms with Crippen molar-refractivity contribution >= 4 is 34.6 Å². The van der Waals surface area contributed by atoms with Crippen LogP contribution in [0.25, 0.3) is 10.9 Å². The lowest BCUT2D eigenvalue weighted by atomic mass is 10.00. The predicted molar refractivity (Wildman–Crippen MR) is 169 cm³/mol. The van der Waals surface area contributed by atoms with E-state index in [9.17, 15) is 14.4 Å². The van der Waals surface area contributed by atoms with Gasteiger partial charge in [0.15, 0.2) is 0 Å². The first kappa shape index (κ1) is 31.1. The van der Waals surface area contributed by atoms with Gasteiger partial charge in [-0.3, -0.25) is 24.6 Å². The van der Waals surface area contributed by atoms with Gasteiger partial charge in [-0.2, -0.15) is 0 Å². The van der Waals surface area contributed by atoms with Crippen LogP contribution in [0.3, 0.4) is 0 Å². The first-order valence-electron chi connectivity index (χ1n) is 16.3. The standard InChI is InChI=1S/C34H37FN6O7/c1-45-16-23-13-39(12-20-8-21-11-36-33(38-30(21)26(35)9-20)40-6-7-47-34(17-40)18-46-19-34)15-28(23)48-24-2-3-25-22(10-24)14-41(32(25)44)27-4-5-29(42)37-31(27)43/h2-3,8-11,23,27-28H,4-7,12-19H2,1H3,(H,37,42,43)/t23-,27-,28+/m0/s1. The number of fused-ring (bicyclic) bond motifs is 2. The van der Waals surface area contributed by atoms with Crippen molar-refractivity contribution in [3.8, 4) is 5.75 Å². The summed E-state index contributed by atoms with van der Waals surface area (Å²) in [6.07, 6.45) is 2.01. The van der Waals surface area contributed by atoms with Crippen molar-refractivity contribution in [3.63, 3.8) is 0 Å². The largest absolute Gasteiger partial charge is 0.489 e. The molecule has 6 heterocycles. The molecule has 252 valence electrons. The minimum Gasteiger partial charge on any atom is -0.489 e. The van der Waals surface area contributed by atoms with Gasteiger partial charge in [0, 0.05) is 69.3 Å². The normalized spacial score (nSPS) is 25.5. The topological polar surface area (TPSA) is 136 Å². The van der Waals surface area contributed by atoms with Crippen LogP contribution in [0.15, 0.2) is 36.5 Å². The number of amides is 3. The molecule has 3 atom stereocenters. The van der Waals surface area contributed by atoms with Gasteiger partial charge < -0.3 is 28.7 Å². The lowest BCUT2D eigenvalue weighted by Gasteiger charge is -2.47. The molecule has 0 aliphatic carbocycles. The van der Waals surface area contributed by atoms with E-state index in [1.165, 1.54) is 4.90 Å². The molecule has 14 heteroatoms. The Kier molecular flexibility index (Phi) is 7.98. The number of rotatable bonds is 8. The molecule has 0 radical (unpaired) electrons. The molecule has 0 saturated carbocycles. The zero-order chi connectivity index (χ0) is 33.0. The van der Waals surface area contributed by atoms with Crippen molar-refractivity contribution in [1.82, 2.24) is 25.1 Å². The molecular formula is C34H37FN6O7. The highest BCUT2D eigenvalue weighted by Gasteiger charge is 2.44. The molecule has 5 aliphatic rings. The number of aromatic nitrogens is 2. The molecule has 0 bridgehead atoms. The number of likely N-dealkylation sites (tertiary alicyclic amines) is 1. The summed E-state index contributed by atoms with van der Waals surface area (Å²) in [5, 5.41) is 2.98. The fourth-order valence-electron chi connectivity index (χ4n) is 7.54. The third-order valence-corrected chi connectivity index (χ3v) is 9.97. The maximum atomic E-state index is 15.5. The molecule has 3 amide bonds. The van der Waals surface area contributed by atoms with Gasteiger partial charge in [-0.15, -0.1) is 0 Å². The third kappa shape index (κ3) is 5.76. The van der Waals surface area contributed by atoms with E-state index in [4.69, 9.17) is 18.9 Å². The maximum absolute atomic E-state index is 15.5. The molecular weight excluding hydrogens is 623 g/mol. The number of piperidine rings is 1. The fourth-order valence-corrected chi connectivity index (χ4v) is 7.54. The first-order valence-corrected chi connectivity index (χ1v) is 16.3. The number of nitrogens with zero attached hydrogens (tertiary/aromatic N) is 5. The van der Waals surface area contributed by atoms with Crippen LogP contribution >= 0.6 is 0 Å². The molecule has 1 N–H and O–H groups in total. The molecule has 1 aromatic heterocycles. The number of methoxy groups -OCH3 is 1. The summed E-state index contributed by atoms with van der Waals surface area (Å²) < 4.78 is 38.8. The summed E-state index contributed by atoms with van der Waals surface area (Å²) >= 11 is 0. The molecule has 3 aromatic rings. The smallest absolute Gasteiger partial charge is 0.255 e. The minimum absolute atomic E-state index is 0.0685. The molecule has 5 aliphatic heterocycles. The van der Waals surface area contributed by atoms with E-state index in [0.29, 0.717) is 93.7 Å². The third-order valence-electron chi connectivity index (χ3n) is 9.97. The van der Waals surface area contributed by atoms with E-state index in [1.807, 2.05) is 17.0 Å². The van der Waals surface area contributed by atoms with Gasteiger partial charge >= 0.3 is 0 Å². The van der Waals surface area contributed by atoms with Gasteiger partial charge in [0.1, 0.15) is 34.8 Å². The number of benzene rings is 2. The highest BCUT2D eigenvalue weighted by Crippen LogP contribution is 2.33. The summed E-state index contributed by atoms with van der Waals surface area (Å²) in [4.78, 5) is 52.1. The van der Waals surface area contributed by atoms with E-state index in [-0.39, 0.29) is 48.2 Å². The average molecular weight is 661 g/mol. The van der Waals surface area contributed by atoms with Crippen LogP contribution in [0.1, 0.15) is 34.3 Å². The second kappa shape index (κ2) is 12.3. The van der Waals surface area contributed by atoms with E-state index in [1.54, 1.807) is 31.5 Å². The van der Waals surface area contributed by atoms with Gasteiger partial charge in [0.2, 0.25) is 17.8 Å². The number of carbonyl (C=O) groups is 3. The Balaban J connectivity index is 0.939. The van der Waals surface area contributed by atoms with Crippen LogP contribution in [-0.4, -0.2) is 115 Å². The molecule has 4 fully saturated rings. The molecule has 48 heavy (non-hydrogen) atoms. The van der Waals surface area contributed by atoms with Gasteiger partial charge in [-0.05, 0) is 47.9 Å². The molecule has 4 saturated heterocycles. The first-order chi connectivity index (χ1) is 23.3. The van der Waals surface area contributed by atoms with E-state index >= 15 is 4.39 Å². The summed E-state index contributed by atoms with van der Waals surface area (Å²) in [6.45, 7) is 5.47. The van der Waals surface area contributed by atoms with Crippen LogP contribution in [0.5, 0.6) is 5.75 Å². The predicted octanol–water partition coefficient (Wildman–Crippen LogP) is 1.66. The van der Waals surface area contributed by atoms with Crippen molar-refractivity contribution in [2.24, 2.45) is 5.92 Å². The second-order valence-corrected chi connectivity index (χ2v) is 13.4. The summed E-state index contributed by atoms with van der Waals surface area (Å²) in [6, 6.07) is 8.19. The van der Waals surface area contributed by atoms with Crippen molar-refractivity contribution < 1.29 is 37.7 Å². The highest BCUT2D eigenvalue weighted by molar-refractivity contribution is 6.05. The Bertz CT molecular complexity index is 1790. The average Bonchev–Trinajstić information content (AvgIpc) is 3.59. The Morgan fingerprint density at radius 1 is 1.15 bits per heavy atom. The Hall–Kier alpha value is -4.24. The Morgan fingerprint density at radius 2 is 2.02 bits per heavy atom. The van der Waals surface area contributed by atoms with Gasteiger partial charge in [0.05, 0.1) is 33.0 Å². The molecule has 8 rings (SSSR count). The van der Waals surface area contributed by atoms with E-state index in [2.05, 4.69) is 20.2 Å². The monoisotopic (exact) mass is 660 g/mol. The van der Waals surface area contributed by atoms with Crippen LogP contribution < -0.4 is 15.0 Å². The summed E-state index contributed by atoms with van der Waals surface area (Å²) in [5.41, 5.74) is 2.09. The van der Waals surface area contributed by atoms with Crippen molar-refractivity contribution in [3.05, 3.63) is 59.0 Å². The van der Waals surface area contributed by atoms with Crippen LogP contribution in [-0.2, 0) is 36.9 Å². The van der Waals surface area contributed by atoms with Crippen molar-refractivity contribution in [2.45, 2.75) is 43.7 Å². The lowest BCUT2D eigenvalue weighted by Crippen LogP contribution is -2.63. The Morgan fingerprint density at radius 3 is 2.81 bits per heavy atom. The van der Waals surface area contributed by atoms with Gasteiger partial charge in [0.25, 0.3) is 5.91 Å². The number of ether oxygens (including phenoxy) is 4. The summed E-state index contributed by atoms with van der Waals surface area (Å²) in [5.74, 6) is -0.183. The van der Waals surface area contributed by atoms with Crippen LogP contribution in [0, 0.1) is 11.7 Å². The zero-order valence-corrected chi connectivity index (χ0v) is 26.7. The Labute approximate surface area is 276 Å². The highest BCUT2D eigenvalue weighted by atomic mass is 19.1. The number of nitrogens with one attached hydrogen (secondary N) is 1. The zero-order valence-electron chi connectivity index (χ0n) is 26.7. The number of anilines is 1. The van der Waals surface area contributed by atoms with Crippen molar-refractivity contribution in [2.75, 3.05) is 64.6 Å². The fraction of sp³-hybridized carbons (Fsp3) is 0.500. The minimum atomic E-state index is -0.671.